The van der Waals surface area contributed by atoms with E-state index in [1.165, 1.54) is 6.92 Å². The van der Waals surface area contributed by atoms with Crippen LogP contribution < -0.4 is 0 Å². The van der Waals surface area contributed by atoms with Crippen molar-refractivity contribution in [1.29, 1.82) is 0 Å². The maximum Gasteiger partial charge on any atom is 0.337 e. The Morgan fingerprint density at radius 2 is 1.26 bits per heavy atom. The van der Waals surface area contributed by atoms with Crippen molar-refractivity contribution in [2.75, 3.05) is 0 Å². The minimum absolute atomic E-state index is 0.475. The van der Waals surface area contributed by atoms with Crippen molar-refractivity contribution in [1.82, 2.24) is 0 Å². The molecular formula is C16H30O7. The molecule has 0 aliphatic heterocycles. The molecule has 136 valence electrons. The van der Waals surface area contributed by atoms with Crippen LogP contribution in [0, 0.1) is 0 Å². The second-order valence-corrected chi connectivity index (χ2v) is 7.24. The number of rotatable bonds is 7. The van der Waals surface area contributed by atoms with Gasteiger partial charge in [0.1, 0.15) is 0 Å². The van der Waals surface area contributed by atoms with E-state index in [2.05, 4.69) is 0 Å². The minimum atomic E-state index is -1.62. The molecule has 0 saturated carbocycles. The first-order chi connectivity index (χ1) is 10.2. The summed E-state index contributed by atoms with van der Waals surface area (Å²) in [6.45, 7) is 14.0. The van der Waals surface area contributed by atoms with Crippen molar-refractivity contribution < 1.29 is 33.6 Å². The molecule has 23 heavy (non-hydrogen) atoms. The summed E-state index contributed by atoms with van der Waals surface area (Å²) in [5, 5.41) is 9.71. The van der Waals surface area contributed by atoms with Crippen molar-refractivity contribution in [2.24, 2.45) is 0 Å². The quantitative estimate of drug-likeness (QED) is 0.563. The van der Waals surface area contributed by atoms with Crippen molar-refractivity contribution in [3.63, 3.8) is 0 Å². The molecule has 0 aromatic rings. The fourth-order valence-corrected chi connectivity index (χ4v) is 1.76. The van der Waals surface area contributed by atoms with E-state index in [4.69, 9.17) is 18.9 Å². The Morgan fingerprint density at radius 3 is 1.65 bits per heavy atom. The Morgan fingerprint density at radius 1 is 0.870 bits per heavy atom. The van der Waals surface area contributed by atoms with Gasteiger partial charge in [-0.15, -0.1) is 0 Å². The number of carbonyl (C=O) groups is 2. The van der Waals surface area contributed by atoms with Crippen LogP contribution in [0.25, 0.3) is 0 Å². The number of ether oxygens (including phenoxy) is 4. The zero-order valence-electron chi connectivity index (χ0n) is 15.3. The SMILES string of the molecule is CC(OC(=O)CC(O)C(=O)OC(C)OC(C)(C)C)OC(C)(C)C. The van der Waals surface area contributed by atoms with Crippen molar-refractivity contribution >= 4 is 11.9 Å². The molecule has 0 spiro atoms. The molecule has 3 unspecified atom stereocenters. The van der Waals surface area contributed by atoms with E-state index >= 15 is 0 Å². The Hall–Kier alpha value is -1.18. The third kappa shape index (κ3) is 12.0. The van der Waals surface area contributed by atoms with Crippen molar-refractivity contribution in [3.8, 4) is 0 Å². The summed E-state index contributed by atoms with van der Waals surface area (Å²) >= 11 is 0. The minimum Gasteiger partial charge on any atom is -0.436 e. The van der Waals surface area contributed by atoms with Gasteiger partial charge in [0.2, 0.25) is 12.6 Å². The highest BCUT2D eigenvalue weighted by molar-refractivity contribution is 5.81. The van der Waals surface area contributed by atoms with Gasteiger partial charge in [-0.2, -0.15) is 0 Å². The third-order valence-corrected chi connectivity index (χ3v) is 2.25. The molecule has 0 aromatic heterocycles. The molecule has 0 aliphatic carbocycles. The fourth-order valence-electron chi connectivity index (χ4n) is 1.76. The van der Waals surface area contributed by atoms with Crippen LogP contribution in [0.5, 0.6) is 0 Å². The Balaban J connectivity index is 4.28. The van der Waals surface area contributed by atoms with Crippen LogP contribution in [0.1, 0.15) is 61.8 Å². The van der Waals surface area contributed by atoms with Crippen LogP contribution in [-0.4, -0.2) is 46.9 Å². The Bertz CT molecular complexity index is 392. The van der Waals surface area contributed by atoms with Gasteiger partial charge in [-0.05, 0) is 55.4 Å². The zero-order chi connectivity index (χ0) is 18.4. The highest BCUT2D eigenvalue weighted by Gasteiger charge is 2.27. The lowest BCUT2D eigenvalue weighted by molar-refractivity contribution is -0.209. The lowest BCUT2D eigenvalue weighted by Gasteiger charge is -2.26. The van der Waals surface area contributed by atoms with E-state index in [0.717, 1.165) is 0 Å². The van der Waals surface area contributed by atoms with Crippen LogP contribution in [-0.2, 0) is 28.5 Å². The number of carbonyl (C=O) groups excluding carboxylic acids is 2. The number of esters is 2. The highest BCUT2D eigenvalue weighted by atomic mass is 16.7. The molecule has 7 nitrogen and oxygen atoms in total. The van der Waals surface area contributed by atoms with E-state index in [9.17, 15) is 14.7 Å². The van der Waals surface area contributed by atoms with Gasteiger partial charge in [-0.1, -0.05) is 0 Å². The van der Waals surface area contributed by atoms with E-state index < -0.39 is 48.2 Å². The second kappa shape index (κ2) is 8.61. The van der Waals surface area contributed by atoms with Gasteiger partial charge in [-0.25, -0.2) is 4.79 Å². The molecule has 1 N–H and O–H groups in total. The predicted octanol–water partition coefficient (Wildman–Crippen LogP) is 2.15. The van der Waals surface area contributed by atoms with Gasteiger partial charge in [0.25, 0.3) is 0 Å². The molecule has 7 heteroatoms. The molecule has 3 atom stereocenters. The van der Waals surface area contributed by atoms with Crippen molar-refractivity contribution in [2.45, 2.75) is 91.7 Å². The molecule has 0 heterocycles. The first-order valence-electron chi connectivity index (χ1n) is 7.63. The maximum absolute atomic E-state index is 11.7. The van der Waals surface area contributed by atoms with E-state index in [1.54, 1.807) is 6.92 Å². The predicted molar refractivity (Wildman–Crippen MR) is 83.4 cm³/mol. The molecule has 0 saturated heterocycles. The molecule has 0 bridgehead atoms. The smallest absolute Gasteiger partial charge is 0.337 e. The fraction of sp³-hybridized carbons (Fsp3) is 0.875. The van der Waals surface area contributed by atoms with E-state index in [1.807, 2.05) is 41.5 Å². The van der Waals surface area contributed by atoms with Gasteiger partial charge in [0.05, 0.1) is 17.6 Å². The first kappa shape index (κ1) is 21.8. The molecule has 0 aliphatic rings. The van der Waals surface area contributed by atoms with Crippen LogP contribution in [0.15, 0.2) is 0 Å². The monoisotopic (exact) mass is 334 g/mol. The maximum atomic E-state index is 11.7. The third-order valence-electron chi connectivity index (χ3n) is 2.25. The summed E-state index contributed by atoms with van der Waals surface area (Å²) in [6.07, 6.45) is -3.75. The largest absolute Gasteiger partial charge is 0.436 e. The highest BCUT2D eigenvalue weighted by Crippen LogP contribution is 2.14. The van der Waals surface area contributed by atoms with Crippen LogP contribution in [0.2, 0.25) is 0 Å². The van der Waals surface area contributed by atoms with Crippen LogP contribution in [0.3, 0.4) is 0 Å². The summed E-state index contributed by atoms with van der Waals surface area (Å²) in [4.78, 5) is 23.4. The van der Waals surface area contributed by atoms with Gasteiger partial charge in [0.15, 0.2) is 6.10 Å². The lowest BCUT2D eigenvalue weighted by Crippen LogP contribution is -2.35. The first-order valence-corrected chi connectivity index (χ1v) is 7.63. The van der Waals surface area contributed by atoms with Gasteiger partial charge >= 0.3 is 11.9 Å². The average Bonchev–Trinajstić information content (AvgIpc) is 2.21. The van der Waals surface area contributed by atoms with Gasteiger partial charge in [-0.3, -0.25) is 4.79 Å². The number of hydrogen-bond donors (Lipinski definition) is 1. The molecule has 0 fully saturated rings. The van der Waals surface area contributed by atoms with Gasteiger partial charge < -0.3 is 24.1 Å². The average molecular weight is 334 g/mol. The summed E-state index contributed by atoms with van der Waals surface area (Å²) < 4.78 is 20.7. The van der Waals surface area contributed by atoms with Crippen LogP contribution in [0.4, 0.5) is 0 Å². The van der Waals surface area contributed by atoms with Crippen LogP contribution >= 0.6 is 0 Å². The lowest BCUT2D eigenvalue weighted by atomic mass is 10.2. The molecule has 0 aromatic carbocycles. The number of aliphatic hydroxyl groups is 1. The summed E-state index contributed by atoms with van der Waals surface area (Å²) in [5.41, 5.74) is -0.972. The zero-order valence-corrected chi connectivity index (χ0v) is 15.3. The molecular weight excluding hydrogens is 304 g/mol. The summed E-state index contributed by atoms with van der Waals surface area (Å²) in [7, 11) is 0. The van der Waals surface area contributed by atoms with E-state index in [0.29, 0.717) is 0 Å². The van der Waals surface area contributed by atoms with Crippen molar-refractivity contribution in [3.05, 3.63) is 0 Å². The Kier molecular flexibility index (Phi) is 8.17. The molecule has 0 rings (SSSR count). The summed E-state index contributed by atoms with van der Waals surface area (Å²) in [6, 6.07) is 0. The number of aliphatic hydroxyl groups excluding tert-OH is 1. The van der Waals surface area contributed by atoms with Gasteiger partial charge in [0, 0.05) is 0 Å². The normalized spacial score (nSPS) is 16.4. The summed E-state index contributed by atoms with van der Waals surface area (Å²) in [5.74, 6) is -1.70. The topological polar surface area (TPSA) is 91.3 Å². The number of hydrogen-bond acceptors (Lipinski definition) is 7. The molecule has 0 amide bonds. The van der Waals surface area contributed by atoms with E-state index in [-0.39, 0.29) is 0 Å². The second-order valence-electron chi connectivity index (χ2n) is 7.24. The molecule has 0 radical (unpaired) electrons. The standard InChI is InChI=1S/C16H30O7/c1-10(22-15(3,4)5)20-13(18)9-12(17)14(19)21-11(2)23-16(6,7)8/h10-12,17H,9H2,1-8H3. The Labute approximate surface area is 138 Å².